The average molecular weight is 412 g/mol. The highest BCUT2D eigenvalue weighted by molar-refractivity contribution is 6.35. The Bertz CT molecular complexity index is 777. The maximum Gasteiger partial charge on any atom is 0.327 e. The number of urea groups is 1. The Morgan fingerprint density at radius 1 is 1.22 bits per heavy atom. The van der Waals surface area contributed by atoms with E-state index in [2.05, 4.69) is 5.32 Å². The summed E-state index contributed by atoms with van der Waals surface area (Å²) >= 11 is 12.1. The Morgan fingerprint density at radius 2 is 1.89 bits per heavy atom. The minimum atomic E-state index is -0.777. The largest absolute Gasteiger partial charge is 0.348 e. The highest BCUT2D eigenvalue weighted by atomic mass is 35.5. The molecule has 27 heavy (non-hydrogen) atoms. The predicted octanol–water partition coefficient (Wildman–Crippen LogP) is 3.77. The van der Waals surface area contributed by atoms with Gasteiger partial charge in [0.05, 0.1) is 6.04 Å². The van der Waals surface area contributed by atoms with Crippen LogP contribution in [0.3, 0.4) is 0 Å². The zero-order valence-corrected chi connectivity index (χ0v) is 16.9. The van der Waals surface area contributed by atoms with Gasteiger partial charge in [-0.15, -0.1) is 0 Å². The van der Waals surface area contributed by atoms with Crippen molar-refractivity contribution in [1.29, 1.82) is 0 Å². The number of hydrogen-bond acceptors (Lipinski definition) is 3. The monoisotopic (exact) mass is 411 g/mol. The number of benzene rings is 1. The van der Waals surface area contributed by atoms with E-state index in [4.69, 9.17) is 23.2 Å². The number of imide groups is 1. The molecule has 8 heteroatoms. The van der Waals surface area contributed by atoms with Crippen molar-refractivity contribution in [3.8, 4) is 0 Å². The molecule has 3 rings (SSSR count). The lowest BCUT2D eigenvalue weighted by Crippen LogP contribution is -2.49. The molecule has 1 saturated carbocycles. The van der Waals surface area contributed by atoms with Gasteiger partial charge in [0.25, 0.3) is 5.91 Å². The van der Waals surface area contributed by atoms with E-state index in [0.717, 1.165) is 29.7 Å². The highest BCUT2D eigenvalue weighted by Crippen LogP contribution is 2.39. The van der Waals surface area contributed by atoms with Crippen molar-refractivity contribution in [3.05, 3.63) is 33.8 Å². The van der Waals surface area contributed by atoms with Crippen LogP contribution in [0, 0.1) is 0 Å². The minimum absolute atomic E-state index is 0.262. The third-order valence-corrected chi connectivity index (χ3v) is 6.15. The lowest BCUT2D eigenvalue weighted by molar-refractivity contribution is -0.137. The van der Waals surface area contributed by atoms with Crippen molar-refractivity contribution in [2.75, 3.05) is 13.6 Å². The molecule has 2 aliphatic rings. The highest BCUT2D eigenvalue weighted by Gasteiger charge is 2.55. The van der Waals surface area contributed by atoms with Gasteiger partial charge >= 0.3 is 6.03 Å². The van der Waals surface area contributed by atoms with Crippen LogP contribution >= 0.6 is 23.2 Å². The van der Waals surface area contributed by atoms with Crippen molar-refractivity contribution >= 4 is 41.0 Å². The molecule has 1 aliphatic heterocycles. The van der Waals surface area contributed by atoms with Gasteiger partial charge in [0.1, 0.15) is 12.1 Å². The number of rotatable bonds is 4. The molecule has 4 amide bonds. The number of carbonyl (C=O) groups is 3. The van der Waals surface area contributed by atoms with Crippen LogP contribution in [0.15, 0.2) is 18.2 Å². The molecule has 1 aromatic carbocycles. The summed E-state index contributed by atoms with van der Waals surface area (Å²) in [7, 11) is 1.65. The van der Waals surface area contributed by atoms with Gasteiger partial charge in [-0.1, -0.05) is 48.5 Å². The molecular formula is C19H23Cl2N3O3. The lowest BCUT2D eigenvalue weighted by atomic mass is 9.81. The van der Waals surface area contributed by atoms with Crippen molar-refractivity contribution < 1.29 is 14.4 Å². The standard InChI is InChI=1S/C19H23Cl2N3O3/c1-12(14-7-6-13(20)10-15(14)21)22-16(25)11-24-17(26)19(23(2)18(24)27)8-4-3-5-9-19/h6-7,10,12H,3-5,8-9,11H2,1-2H3,(H,22,25)/t12-/m1/s1. The maximum atomic E-state index is 12.9. The Labute approximate surface area is 168 Å². The summed E-state index contributed by atoms with van der Waals surface area (Å²) < 4.78 is 0. The molecular weight excluding hydrogens is 389 g/mol. The van der Waals surface area contributed by atoms with Crippen molar-refractivity contribution in [2.45, 2.75) is 50.6 Å². The fourth-order valence-corrected chi connectivity index (χ4v) is 4.60. The van der Waals surface area contributed by atoms with Crippen LogP contribution in [-0.4, -0.2) is 46.8 Å². The van der Waals surface area contributed by atoms with Crippen LogP contribution in [0.25, 0.3) is 0 Å². The fraction of sp³-hybridized carbons (Fsp3) is 0.526. The zero-order valence-electron chi connectivity index (χ0n) is 15.4. The van der Waals surface area contributed by atoms with Gasteiger partial charge in [0, 0.05) is 17.1 Å². The van der Waals surface area contributed by atoms with Gasteiger partial charge in [-0.2, -0.15) is 0 Å². The van der Waals surface area contributed by atoms with Crippen LogP contribution in [-0.2, 0) is 9.59 Å². The number of amides is 4. The van der Waals surface area contributed by atoms with E-state index in [-0.39, 0.29) is 18.5 Å². The Morgan fingerprint density at radius 3 is 2.52 bits per heavy atom. The molecule has 0 unspecified atom stereocenters. The van der Waals surface area contributed by atoms with Gasteiger partial charge in [-0.25, -0.2) is 4.79 Å². The third kappa shape index (κ3) is 3.65. The Kier molecular flexibility index (Phi) is 5.68. The molecule has 0 aromatic heterocycles. The molecule has 1 heterocycles. The van der Waals surface area contributed by atoms with Crippen LogP contribution in [0.5, 0.6) is 0 Å². The summed E-state index contributed by atoms with van der Waals surface area (Å²) in [5.74, 6) is -0.668. The maximum absolute atomic E-state index is 12.9. The van der Waals surface area contributed by atoms with Crippen LogP contribution < -0.4 is 5.32 Å². The summed E-state index contributed by atoms with van der Waals surface area (Å²) in [6, 6.07) is 4.26. The average Bonchev–Trinajstić information content (AvgIpc) is 2.78. The van der Waals surface area contributed by atoms with Gasteiger partial charge in [-0.05, 0) is 37.5 Å². The van der Waals surface area contributed by atoms with Gasteiger partial charge < -0.3 is 10.2 Å². The van der Waals surface area contributed by atoms with E-state index < -0.39 is 17.5 Å². The van der Waals surface area contributed by atoms with E-state index >= 15 is 0 Å². The number of carbonyl (C=O) groups excluding carboxylic acids is 3. The fourth-order valence-electron chi connectivity index (χ4n) is 4.03. The summed E-state index contributed by atoms with van der Waals surface area (Å²) in [4.78, 5) is 40.6. The first-order valence-electron chi connectivity index (χ1n) is 9.10. The quantitative estimate of drug-likeness (QED) is 0.766. The SMILES string of the molecule is C[C@@H](NC(=O)CN1C(=O)N(C)C2(CCCCC2)C1=O)c1ccc(Cl)cc1Cl. The van der Waals surface area contributed by atoms with Crippen LogP contribution in [0.1, 0.15) is 50.6 Å². The molecule has 1 aliphatic carbocycles. The zero-order chi connectivity index (χ0) is 19.8. The molecule has 1 atom stereocenters. The smallest absolute Gasteiger partial charge is 0.327 e. The van der Waals surface area contributed by atoms with Gasteiger partial charge in [0.2, 0.25) is 5.91 Å². The number of nitrogens with one attached hydrogen (secondary N) is 1. The predicted molar refractivity (Wildman–Crippen MR) is 104 cm³/mol. The van der Waals surface area contributed by atoms with Crippen molar-refractivity contribution in [2.24, 2.45) is 0 Å². The van der Waals surface area contributed by atoms with Crippen molar-refractivity contribution in [3.63, 3.8) is 0 Å². The normalized spacial score (nSPS) is 20.3. The molecule has 0 bridgehead atoms. The van der Waals surface area contributed by atoms with E-state index in [1.165, 1.54) is 4.90 Å². The topological polar surface area (TPSA) is 69.7 Å². The van der Waals surface area contributed by atoms with E-state index in [9.17, 15) is 14.4 Å². The molecule has 146 valence electrons. The van der Waals surface area contributed by atoms with Crippen molar-refractivity contribution in [1.82, 2.24) is 15.1 Å². The second kappa shape index (κ2) is 7.68. The number of likely N-dealkylation sites (N-methyl/N-ethyl adjacent to an activating group) is 1. The first-order chi connectivity index (χ1) is 12.8. The van der Waals surface area contributed by atoms with E-state index in [1.807, 2.05) is 0 Å². The van der Waals surface area contributed by atoms with Gasteiger partial charge in [-0.3, -0.25) is 14.5 Å². The van der Waals surface area contributed by atoms with E-state index in [1.54, 1.807) is 32.2 Å². The number of halogens is 2. The molecule has 1 saturated heterocycles. The Balaban J connectivity index is 1.68. The number of nitrogens with zero attached hydrogens (tertiary/aromatic N) is 2. The van der Waals surface area contributed by atoms with Gasteiger partial charge in [0.15, 0.2) is 0 Å². The summed E-state index contributed by atoms with van der Waals surface area (Å²) in [6.45, 7) is 1.49. The second-order valence-corrected chi connectivity index (χ2v) is 8.12. The lowest BCUT2D eigenvalue weighted by Gasteiger charge is -2.35. The summed E-state index contributed by atoms with van der Waals surface area (Å²) in [5, 5.41) is 3.76. The molecule has 1 spiro atoms. The second-order valence-electron chi connectivity index (χ2n) is 7.28. The third-order valence-electron chi connectivity index (χ3n) is 5.59. The van der Waals surface area contributed by atoms with Crippen LogP contribution in [0.2, 0.25) is 10.0 Å². The first-order valence-corrected chi connectivity index (χ1v) is 9.86. The molecule has 6 nitrogen and oxygen atoms in total. The van der Waals surface area contributed by atoms with E-state index in [0.29, 0.717) is 22.9 Å². The Hall–Kier alpha value is -1.79. The van der Waals surface area contributed by atoms with Crippen LogP contribution in [0.4, 0.5) is 4.79 Å². The number of hydrogen-bond donors (Lipinski definition) is 1. The minimum Gasteiger partial charge on any atom is -0.348 e. The summed E-state index contributed by atoms with van der Waals surface area (Å²) in [5.41, 5.74) is -0.0601. The first kappa shape index (κ1) is 20.0. The molecule has 1 aromatic rings. The molecule has 2 fully saturated rings. The molecule has 1 N–H and O–H groups in total. The summed E-state index contributed by atoms with van der Waals surface area (Å²) in [6.07, 6.45) is 4.20. The molecule has 0 radical (unpaired) electrons.